The summed E-state index contributed by atoms with van der Waals surface area (Å²) in [4.78, 5) is 12.9. The van der Waals surface area contributed by atoms with E-state index in [2.05, 4.69) is 20.6 Å². The molecule has 4 rings (SSSR count). The van der Waals surface area contributed by atoms with Crippen molar-refractivity contribution in [2.45, 2.75) is 12.5 Å². The van der Waals surface area contributed by atoms with Crippen molar-refractivity contribution in [1.29, 1.82) is 0 Å². The second-order valence-corrected chi connectivity index (χ2v) is 7.84. The van der Waals surface area contributed by atoms with Gasteiger partial charge in [-0.15, -0.1) is 0 Å². The number of hydrogen-bond acceptors (Lipinski definition) is 4. The molecular formula is C24H20ClN5OS. The molecule has 0 bridgehead atoms. The van der Waals surface area contributed by atoms with Crippen LogP contribution in [-0.4, -0.2) is 27.0 Å². The molecule has 3 aromatic carbocycles. The fourth-order valence-electron chi connectivity index (χ4n) is 3.23. The lowest BCUT2D eigenvalue weighted by atomic mass is 10.0. The zero-order valence-corrected chi connectivity index (χ0v) is 18.6. The highest BCUT2D eigenvalue weighted by molar-refractivity contribution is 7.71. The number of rotatable bonds is 7. The molecule has 0 spiro atoms. The van der Waals surface area contributed by atoms with Crippen LogP contribution in [0, 0.1) is 4.77 Å². The maximum atomic E-state index is 12.9. The molecule has 8 heteroatoms. The van der Waals surface area contributed by atoms with E-state index >= 15 is 0 Å². The molecule has 0 radical (unpaired) electrons. The molecule has 0 fully saturated rings. The summed E-state index contributed by atoms with van der Waals surface area (Å²) in [6.07, 6.45) is 2.14. The molecule has 0 saturated heterocycles. The molecule has 1 heterocycles. The summed E-state index contributed by atoms with van der Waals surface area (Å²) in [7, 11) is 0. The number of nitrogens with one attached hydrogen (secondary N) is 2. The Morgan fingerprint density at radius 3 is 2.44 bits per heavy atom. The molecule has 0 aliphatic carbocycles. The minimum absolute atomic E-state index is 0.206. The summed E-state index contributed by atoms with van der Waals surface area (Å²) in [5, 5.41) is 15.3. The lowest BCUT2D eigenvalue weighted by Gasteiger charge is -2.18. The Balaban J connectivity index is 1.69. The summed E-state index contributed by atoms with van der Waals surface area (Å²) in [6.45, 7) is 0. The lowest BCUT2D eigenvalue weighted by Crippen LogP contribution is -2.31. The van der Waals surface area contributed by atoms with Gasteiger partial charge in [-0.1, -0.05) is 78.3 Å². The van der Waals surface area contributed by atoms with Crippen LogP contribution in [0.25, 0.3) is 0 Å². The molecule has 0 aliphatic rings. The monoisotopic (exact) mass is 461 g/mol. The molecule has 1 unspecified atom stereocenters. The fraction of sp³-hybridized carbons (Fsp3) is 0.0833. The number of carbonyl (C=O) groups excluding carboxylic acids is 1. The Morgan fingerprint density at radius 2 is 1.72 bits per heavy atom. The summed E-state index contributed by atoms with van der Waals surface area (Å²) in [6, 6.07) is 25.8. The molecule has 0 saturated carbocycles. The van der Waals surface area contributed by atoms with Gasteiger partial charge in [-0.25, -0.2) is 0 Å². The zero-order chi connectivity index (χ0) is 22.3. The van der Waals surface area contributed by atoms with E-state index in [-0.39, 0.29) is 5.91 Å². The average Bonchev–Trinajstić information content (AvgIpc) is 3.19. The summed E-state index contributed by atoms with van der Waals surface area (Å²) < 4.78 is 1.83. The predicted octanol–water partition coefficient (Wildman–Crippen LogP) is 5.19. The van der Waals surface area contributed by atoms with E-state index in [9.17, 15) is 4.79 Å². The van der Waals surface area contributed by atoms with Crippen molar-refractivity contribution >= 4 is 35.9 Å². The molecular weight excluding hydrogens is 442 g/mol. The first-order chi connectivity index (χ1) is 15.6. The second-order valence-electron chi connectivity index (χ2n) is 7.05. The van der Waals surface area contributed by atoms with Crippen molar-refractivity contribution in [3.8, 4) is 0 Å². The summed E-state index contributed by atoms with van der Waals surface area (Å²) >= 11 is 11.6. The number of hydrogen-bond donors (Lipinski definition) is 2. The van der Waals surface area contributed by atoms with Crippen LogP contribution in [0.3, 0.4) is 0 Å². The number of halogens is 1. The molecule has 1 aromatic heterocycles. The molecule has 6 nitrogen and oxygen atoms in total. The van der Waals surface area contributed by atoms with Crippen LogP contribution in [0.2, 0.25) is 5.02 Å². The first-order valence-corrected chi connectivity index (χ1v) is 10.8. The minimum atomic E-state index is -0.471. The Kier molecular flexibility index (Phi) is 6.89. The maximum absolute atomic E-state index is 12.9. The van der Waals surface area contributed by atoms with Crippen LogP contribution >= 0.6 is 23.8 Å². The van der Waals surface area contributed by atoms with Gasteiger partial charge in [-0.05, 0) is 36.0 Å². The molecule has 1 amide bonds. The van der Waals surface area contributed by atoms with Gasteiger partial charge in [-0.3, -0.25) is 9.89 Å². The fourth-order valence-corrected chi connectivity index (χ4v) is 3.60. The van der Waals surface area contributed by atoms with Crippen molar-refractivity contribution in [2.75, 3.05) is 0 Å². The van der Waals surface area contributed by atoms with Crippen LogP contribution < -0.4 is 5.32 Å². The molecule has 160 valence electrons. The number of nitrogens with zero attached hydrogens (tertiary/aromatic N) is 3. The third kappa shape index (κ3) is 5.19. The molecule has 4 aromatic rings. The highest BCUT2D eigenvalue weighted by Crippen LogP contribution is 2.19. The topological polar surface area (TPSA) is 75.1 Å². The van der Waals surface area contributed by atoms with Gasteiger partial charge in [-0.2, -0.15) is 14.9 Å². The molecule has 2 N–H and O–H groups in total. The Morgan fingerprint density at radius 1 is 1.06 bits per heavy atom. The average molecular weight is 462 g/mol. The zero-order valence-electron chi connectivity index (χ0n) is 17.0. The van der Waals surface area contributed by atoms with Gasteiger partial charge < -0.3 is 5.32 Å². The number of benzene rings is 3. The molecule has 1 atom stereocenters. The third-order valence-corrected chi connectivity index (χ3v) is 5.44. The lowest BCUT2D eigenvalue weighted by molar-refractivity contribution is 0.0934. The van der Waals surface area contributed by atoms with Crippen molar-refractivity contribution in [1.82, 2.24) is 20.2 Å². The SMILES string of the molecule is O=C(NC(Cc1ccccc1)c1n[nH]c(=S)n1N=Cc1ccccc1Cl)c1ccccc1. The smallest absolute Gasteiger partial charge is 0.251 e. The van der Waals surface area contributed by atoms with Gasteiger partial charge in [0.05, 0.1) is 12.3 Å². The van der Waals surface area contributed by atoms with E-state index in [1.54, 1.807) is 24.4 Å². The maximum Gasteiger partial charge on any atom is 0.251 e. The molecule has 0 aliphatic heterocycles. The first kappa shape index (κ1) is 21.7. The number of H-pyrrole nitrogens is 1. The van der Waals surface area contributed by atoms with Crippen molar-refractivity contribution in [2.24, 2.45) is 5.10 Å². The van der Waals surface area contributed by atoms with Gasteiger partial charge in [0.2, 0.25) is 4.77 Å². The largest absolute Gasteiger partial charge is 0.342 e. The highest BCUT2D eigenvalue weighted by atomic mass is 35.5. The van der Waals surface area contributed by atoms with Gasteiger partial charge >= 0.3 is 0 Å². The normalized spacial score (nSPS) is 12.0. The van der Waals surface area contributed by atoms with Crippen LogP contribution in [0.5, 0.6) is 0 Å². The molecule has 32 heavy (non-hydrogen) atoms. The van der Waals surface area contributed by atoms with E-state index in [1.165, 1.54) is 4.68 Å². The number of aromatic nitrogens is 3. The summed E-state index contributed by atoms with van der Waals surface area (Å²) in [5.41, 5.74) is 2.35. The number of carbonyl (C=O) groups is 1. The van der Waals surface area contributed by atoms with Crippen molar-refractivity contribution in [3.63, 3.8) is 0 Å². The first-order valence-electron chi connectivity index (χ1n) is 9.98. The van der Waals surface area contributed by atoms with Crippen LogP contribution in [0.15, 0.2) is 90.0 Å². The summed E-state index contributed by atoms with van der Waals surface area (Å²) in [5.74, 6) is 0.286. The van der Waals surface area contributed by atoms with E-state index in [1.807, 2.05) is 66.7 Å². The Labute approximate surface area is 195 Å². The van der Waals surface area contributed by atoms with Gasteiger partial charge in [0, 0.05) is 22.6 Å². The Hall–Kier alpha value is -3.55. The minimum Gasteiger partial charge on any atom is -0.342 e. The van der Waals surface area contributed by atoms with Crippen LogP contribution in [0.4, 0.5) is 0 Å². The third-order valence-electron chi connectivity index (χ3n) is 4.83. The standard InChI is InChI=1S/C24H20ClN5OS/c25-20-14-8-7-13-19(20)16-26-30-22(28-29-24(30)32)21(15-17-9-3-1-4-10-17)27-23(31)18-11-5-2-6-12-18/h1-14,16,21H,15H2,(H,27,31)(H,29,32). The van der Waals surface area contributed by atoms with E-state index in [0.717, 1.165) is 11.1 Å². The number of amides is 1. The Bertz CT molecular complexity index is 1280. The van der Waals surface area contributed by atoms with E-state index in [0.29, 0.717) is 27.6 Å². The van der Waals surface area contributed by atoms with Gasteiger partial charge in [0.25, 0.3) is 5.91 Å². The highest BCUT2D eigenvalue weighted by Gasteiger charge is 2.22. The van der Waals surface area contributed by atoms with Crippen LogP contribution in [-0.2, 0) is 6.42 Å². The number of aromatic amines is 1. The van der Waals surface area contributed by atoms with Crippen molar-refractivity contribution in [3.05, 3.63) is 117 Å². The van der Waals surface area contributed by atoms with Crippen molar-refractivity contribution < 1.29 is 4.79 Å². The predicted molar refractivity (Wildman–Crippen MR) is 129 cm³/mol. The van der Waals surface area contributed by atoms with Gasteiger partial charge in [0.1, 0.15) is 0 Å². The van der Waals surface area contributed by atoms with E-state index < -0.39 is 6.04 Å². The van der Waals surface area contributed by atoms with Gasteiger partial charge in [0.15, 0.2) is 5.82 Å². The second kappa shape index (κ2) is 10.2. The quantitative estimate of drug-likeness (QED) is 0.294. The van der Waals surface area contributed by atoms with Crippen LogP contribution in [0.1, 0.15) is 33.4 Å². The van der Waals surface area contributed by atoms with E-state index in [4.69, 9.17) is 23.8 Å².